The maximum absolute atomic E-state index is 13.8. The molecule has 0 N–H and O–H groups in total. The molecule has 0 saturated carbocycles. The van der Waals surface area contributed by atoms with Gasteiger partial charge in [0, 0.05) is 19.6 Å². The van der Waals surface area contributed by atoms with Crippen molar-refractivity contribution in [1.29, 1.82) is 0 Å². The minimum Gasteiger partial charge on any atom is -0.494 e. The summed E-state index contributed by atoms with van der Waals surface area (Å²) in [6.45, 7) is 1.45. The van der Waals surface area contributed by atoms with Gasteiger partial charge in [0.15, 0.2) is 11.6 Å². The van der Waals surface area contributed by atoms with E-state index in [4.69, 9.17) is 4.74 Å². The van der Waals surface area contributed by atoms with Crippen molar-refractivity contribution >= 4 is 5.91 Å². The zero-order valence-corrected chi connectivity index (χ0v) is 15.6. The lowest BCUT2D eigenvalue weighted by Gasteiger charge is -2.27. The van der Waals surface area contributed by atoms with Crippen LogP contribution in [0.25, 0.3) is 0 Å². The minimum atomic E-state index is -0.438. The number of benzene rings is 2. The summed E-state index contributed by atoms with van der Waals surface area (Å²) in [4.78, 5) is 16.4. The Kier molecular flexibility index (Phi) is 6.06. The lowest BCUT2D eigenvalue weighted by molar-refractivity contribution is -0.131. The Morgan fingerprint density at radius 1 is 1.22 bits per heavy atom. The number of amides is 1. The molecule has 2 aromatic rings. The van der Waals surface area contributed by atoms with E-state index in [1.165, 1.54) is 25.3 Å². The van der Waals surface area contributed by atoms with E-state index in [9.17, 15) is 13.6 Å². The largest absolute Gasteiger partial charge is 0.494 e. The number of rotatable bonds is 6. The van der Waals surface area contributed by atoms with Gasteiger partial charge in [-0.15, -0.1) is 0 Å². The maximum atomic E-state index is 13.8. The van der Waals surface area contributed by atoms with Gasteiger partial charge < -0.3 is 9.64 Å². The van der Waals surface area contributed by atoms with Crippen LogP contribution in [0.15, 0.2) is 42.5 Å². The van der Waals surface area contributed by atoms with E-state index in [-0.39, 0.29) is 30.1 Å². The van der Waals surface area contributed by atoms with Crippen LogP contribution in [0, 0.1) is 11.6 Å². The summed E-state index contributed by atoms with van der Waals surface area (Å²) < 4.78 is 31.9. The van der Waals surface area contributed by atoms with Crippen molar-refractivity contribution < 1.29 is 18.3 Å². The first kappa shape index (κ1) is 19.3. The maximum Gasteiger partial charge on any atom is 0.236 e. The van der Waals surface area contributed by atoms with Crippen LogP contribution in [-0.2, 0) is 11.3 Å². The van der Waals surface area contributed by atoms with Crippen molar-refractivity contribution in [2.45, 2.75) is 25.4 Å². The first-order valence-corrected chi connectivity index (χ1v) is 9.04. The van der Waals surface area contributed by atoms with E-state index in [1.807, 2.05) is 0 Å². The number of hydrogen-bond donors (Lipinski definition) is 0. The topological polar surface area (TPSA) is 32.8 Å². The fraction of sp³-hybridized carbons (Fsp3) is 0.381. The van der Waals surface area contributed by atoms with Crippen molar-refractivity contribution in [3.63, 3.8) is 0 Å². The quantitative estimate of drug-likeness (QED) is 0.772. The Hall–Kier alpha value is -2.47. The molecule has 1 heterocycles. The molecule has 0 aromatic heterocycles. The third-order valence-electron chi connectivity index (χ3n) is 5.02. The molecule has 1 fully saturated rings. The van der Waals surface area contributed by atoms with Gasteiger partial charge in [-0.3, -0.25) is 9.69 Å². The molecular formula is C21H24F2N2O2. The Morgan fingerprint density at radius 2 is 1.96 bits per heavy atom. The van der Waals surface area contributed by atoms with Gasteiger partial charge in [0.2, 0.25) is 5.91 Å². The average molecular weight is 374 g/mol. The molecule has 1 aliphatic rings. The highest BCUT2D eigenvalue weighted by molar-refractivity contribution is 5.78. The van der Waals surface area contributed by atoms with Crippen molar-refractivity contribution in [2.75, 3.05) is 27.2 Å². The Balaban J connectivity index is 1.61. The number of likely N-dealkylation sites (N-methyl/N-ethyl adjacent to an activating group) is 1. The van der Waals surface area contributed by atoms with E-state index in [0.29, 0.717) is 12.1 Å². The zero-order chi connectivity index (χ0) is 19.4. The Labute approximate surface area is 158 Å². The smallest absolute Gasteiger partial charge is 0.236 e. The van der Waals surface area contributed by atoms with E-state index in [2.05, 4.69) is 4.90 Å². The highest BCUT2D eigenvalue weighted by Crippen LogP contribution is 2.31. The van der Waals surface area contributed by atoms with Crippen LogP contribution >= 0.6 is 0 Å². The second kappa shape index (κ2) is 8.48. The summed E-state index contributed by atoms with van der Waals surface area (Å²) in [5.74, 6) is -0.537. The van der Waals surface area contributed by atoms with Crippen LogP contribution < -0.4 is 4.74 Å². The van der Waals surface area contributed by atoms with Crippen LogP contribution in [0.4, 0.5) is 8.78 Å². The van der Waals surface area contributed by atoms with Crippen molar-refractivity contribution in [2.24, 2.45) is 0 Å². The molecule has 1 atom stereocenters. The summed E-state index contributed by atoms with van der Waals surface area (Å²) in [5, 5.41) is 0. The van der Waals surface area contributed by atoms with Crippen LogP contribution in [0.3, 0.4) is 0 Å². The molecule has 27 heavy (non-hydrogen) atoms. The second-order valence-corrected chi connectivity index (χ2v) is 6.90. The lowest BCUT2D eigenvalue weighted by atomic mass is 10.0. The van der Waals surface area contributed by atoms with Gasteiger partial charge >= 0.3 is 0 Å². The lowest BCUT2D eigenvalue weighted by Crippen LogP contribution is -2.37. The molecule has 0 bridgehead atoms. The van der Waals surface area contributed by atoms with E-state index < -0.39 is 5.82 Å². The zero-order valence-electron chi connectivity index (χ0n) is 15.6. The molecule has 1 unspecified atom stereocenters. The highest BCUT2D eigenvalue weighted by atomic mass is 19.1. The standard InChI is InChI=1S/C21H24F2N2O2/c1-24(13-15-5-10-20(27-2)18(23)12-15)21(26)14-25-11-3-4-19(25)16-6-8-17(22)9-7-16/h5-10,12,19H,3-4,11,13-14H2,1-2H3. The molecule has 144 valence electrons. The van der Waals surface area contributed by atoms with Gasteiger partial charge in [-0.05, 0) is 54.8 Å². The van der Waals surface area contributed by atoms with E-state index in [1.54, 1.807) is 36.2 Å². The number of nitrogens with zero attached hydrogens (tertiary/aromatic N) is 2. The first-order valence-electron chi connectivity index (χ1n) is 9.04. The van der Waals surface area contributed by atoms with E-state index >= 15 is 0 Å². The predicted octanol–water partition coefficient (Wildman–Crippen LogP) is 3.77. The van der Waals surface area contributed by atoms with E-state index in [0.717, 1.165) is 24.9 Å². The molecule has 2 aromatic carbocycles. The molecule has 1 amide bonds. The molecule has 0 aliphatic carbocycles. The Bertz CT molecular complexity index is 795. The normalized spacial score (nSPS) is 17.1. The summed E-state index contributed by atoms with van der Waals surface area (Å²) >= 11 is 0. The number of ether oxygens (including phenoxy) is 1. The molecule has 3 rings (SSSR count). The van der Waals surface area contributed by atoms with Crippen molar-refractivity contribution in [1.82, 2.24) is 9.80 Å². The van der Waals surface area contributed by atoms with Gasteiger partial charge in [0.05, 0.1) is 13.7 Å². The summed E-state index contributed by atoms with van der Waals surface area (Å²) in [6, 6.07) is 11.3. The number of hydrogen-bond acceptors (Lipinski definition) is 3. The van der Waals surface area contributed by atoms with Crippen molar-refractivity contribution in [3.8, 4) is 5.75 Å². The number of carbonyl (C=O) groups is 1. The second-order valence-electron chi connectivity index (χ2n) is 6.90. The molecule has 1 aliphatic heterocycles. The monoisotopic (exact) mass is 374 g/mol. The molecule has 4 nitrogen and oxygen atoms in total. The predicted molar refractivity (Wildman–Crippen MR) is 99.4 cm³/mol. The first-order chi connectivity index (χ1) is 13.0. The minimum absolute atomic E-state index is 0.0276. The summed E-state index contributed by atoms with van der Waals surface area (Å²) in [5.41, 5.74) is 1.74. The van der Waals surface area contributed by atoms with Crippen LogP contribution in [0.2, 0.25) is 0 Å². The third-order valence-corrected chi connectivity index (χ3v) is 5.02. The average Bonchev–Trinajstić information content (AvgIpc) is 3.10. The number of halogens is 2. The number of carbonyl (C=O) groups excluding carboxylic acids is 1. The van der Waals surface area contributed by atoms with Gasteiger partial charge in [0.1, 0.15) is 5.82 Å². The molecule has 0 radical (unpaired) electrons. The number of methoxy groups -OCH3 is 1. The van der Waals surface area contributed by atoms with Gasteiger partial charge in [-0.25, -0.2) is 8.78 Å². The van der Waals surface area contributed by atoms with Crippen LogP contribution in [0.5, 0.6) is 5.75 Å². The van der Waals surface area contributed by atoms with Gasteiger partial charge in [-0.1, -0.05) is 18.2 Å². The fourth-order valence-corrected chi connectivity index (χ4v) is 3.54. The van der Waals surface area contributed by atoms with Gasteiger partial charge in [0.25, 0.3) is 0 Å². The third kappa shape index (κ3) is 4.63. The van der Waals surface area contributed by atoms with Crippen LogP contribution in [-0.4, -0.2) is 43.0 Å². The van der Waals surface area contributed by atoms with Crippen molar-refractivity contribution in [3.05, 3.63) is 65.2 Å². The molecule has 0 spiro atoms. The molecule has 1 saturated heterocycles. The Morgan fingerprint density at radius 3 is 2.63 bits per heavy atom. The van der Waals surface area contributed by atoms with Crippen LogP contribution in [0.1, 0.15) is 30.0 Å². The van der Waals surface area contributed by atoms with Gasteiger partial charge in [-0.2, -0.15) is 0 Å². The SMILES string of the molecule is COc1ccc(CN(C)C(=O)CN2CCCC2c2ccc(F)cc2)cc1F. The molecular weight excluding hydrogens is 350 g/mol. The summed E-state index contributed by atoms with van der Waals surface area (Å²) in [7, 11) is 3.13. The highest BCUT2D eigenvalue weighted by Gasteiger charge is 2.28. The molecule has 6 heteroatoms. The fourth-order valence-electron chi connectivity index (χ4n) is 3.54. The number of likely N-dealkylation sites (tertiary alicyclic amines) is 1. The summed E-state index contributed by atoms with van der Waals surface area (Å²) in [6.07, 6.45) is 1.95.